The van der Waals surface area contributed by atoms with Crippen molar-refractivity contribution in [3.05, 3.63) is 60.2 Å². The summed E-state index contributed by atoms with van der Waals surface area (Å²) < 4.78 is 9.91. The van der Waals surface area contributed by atoms with Crippen molar-refractivity contribution in [1.82, 2.24) is 0 Å². The first-order valence-electron chi connectivity index (χ1n) is 6.56. The highest BCUT2D eigenvalue weighted by Gasteiger charge is 2.08. The average Bonchev–Trinajstić information content (AvgIpc) is 2.50. The van der Waals surface area contributed by atoms with E-state index in [1.807, 2.05) is 30.3 Å². The Hall–Kier alpha value is -2.62. The van der Waals surface area contributed by atoms with Gasteiger partial charge >= 0.3 is 11.9 Å². The second-order valence-electron chi connectivity index (χ2n) is 4.61. The van der Waals surface area contributed by atoms with Crippen LogP contribution in [0.1, 0.15) is 17.3 Å². The minimum absolute atomic E-state index is 0.0185. The van der Waals surface area contributed by atoms with Crippen molar-refractivity contribution in [3.63, 3.8) is 0 Å². The molecule has 0 unspecified atom stereocenters. The van der Waals surface area contributed by atoms with Gasteiger partial charge in [0.05, 0.1) is 5.56 Å². The third-order valence-corrected chi connectivity index (χ3v) is 2.88. The van der Waals surface area contributed by atoms with Gasteiger partial charge in [-0.2, -0.15) is 0 Å². The van der Waals surface area contributed by atoms with Gasteiger partial charge in [0.2, 0.25) is 0 Å². The molecule has 0 fully saturated rings. The lowest BCUT2D eigenvalue weighted by molar-refractivity contribution is -0.140. The van der Waals surface area contributed by atoms with Crippen molar-refractivity contribution in [3.8, 4) is 0 Å². The van der Waals surface area contributed by atoms with Gasteiger partial charge in [-0.15, -0.1) is 0 Å². The number of benzene rings is 2. The lowest BCUT2D eigenvalue weighted by Crippen LogP contribution is -2.14. The van der Waals surface area contributed by atoms with Crippen molar-refractivity contribution < 1.29 is 19.1 Å². The van der Waals surface area contributed by atoms with Gasteiger partial charge in [-0.05, 0) is 29.8 Å². The SMILES string of the molecule is C=C(C)C(=O)OCCOC(=O)c1ccc2ccccc2c1. The van der Waals surface area contributed by atoms with E-state index in [1.54, 1.807) is 19.1 Å². The van der Waals surface area contributed by atoms with Crippen LogP contribution in [-0.4, -0.2) is 25.2 Å². The molecular weight excluding hydrogens is 268 g/mol. The van der Waals surface area contributed by atoms with Crippen LogP contribution in [0.3, 0.4) is 0 Å². The molecule has 0 heterocycles. The lowest BCUT2D eigenvalue weighted by atomic mass is 10.1. The molecule has 0 radical (unpaired) electrons. The third kappa shape index (κ3) is 3.92. The summed E-state index contributed by atoms with van der Waals surface area (Å²) in [6.07, 6.45) is 0. The maximum absolute atomic E-state index is 11.9. The largest absolute Gasteiger partial charge is 0.459 e. The summed E-state index contributed by atoms with van der Waals surface area (Å²) in [6, 6.07) is 13.1. The van der Waals surface area contributed by atoms with Gasteiger partial charge in [0.15, 0.2) is 0 Å². The Morgan fingerprint density at radius 3 is 2.38 bits per heavy atom. The minimum Gasteiger partial charge on any atom is -0.459 e. The maximum atomic E-state index is 11.9. The van der Waals surface area contributed by atoms with Crippen molar-refractivity contribution in [2.45, 2.75) is 6.92 Å². The molecule has 0 saturated carbocycles. The molecule has 0 atom stereocenters. The topological polar surface area (TPSA) is 52.6 Å². The summed E-state index contributed by atoms with van der Waals surface area (Å²) in [5.41, 5.74) is 0.788. The summed E-state index contributed by atoms with van der Waals surface area (Å²) in [6.45, 7) is 5.06. The zero-order chi connectivity index (χ0) is 15.2. The number of esters is 2. The van der Waals surface area contributed by atoms with E-state index in [9.17, 15) is 9.59 Å². The molecule has 4 heteroatoms. The van der Waals surface area contributed by atoms with E-state index in [4.69, 9.17) is 9.47 Å². The van der Waals surface area contributed by atoms with Gasteiger partial charge in [0.1, 0.15) is 13.2 Å². The van der Waals surface area contributed by atoms with Gasteiger partial charge in [-0.25, -0.2) is 9.59 Å². The first-order chi connectivity index (χ1) is 10.1. The van der Waals surface area contributed by atoms with E-state index in [2.05, 4.69) is 6.58 Å². The quantitative estimate of drug-likeness (QED) is 0.481. The summed E-state index contributed by atoms with van der Waals surface area (Å²) in [4.78, 5) is 23.0. The van der Waals surface area contributed by atoms with Crippen LogP contribution >= 0.6 is 0 Å². The molecule has 0 amide bonds. The molecule has 4 nitrogen and oxygen atoms in total. The van der Waals surface area contributed by atoms with Gasteiger partial charge in [0, 0.05) is 5.57 Å². The Morgan fingerprint density at radius 1 is 1.00 bits per heavy atom. The number of rotatable bonds is 5. The third-order valence-electron chi connectivity index (χ3n) is 2.88. The number of fused-ring (bicyclic) bond motifs is 1. The van der Waals surface area contributed by atoms with Crippen LogP contribution in [0, 0.1) is 0 Å². The Labute approximate surface area is 123 Å². The van der Waals surface area contributed by atoms with Crippen LogP contribution in [0.2, 0.25) is 0 Å². The molecule has 0 N–H and O–H groups in total. The van der Waals surface area contributed by atoms with Gasteiger partial charge in [-0.1, -0.05) is 36.9 Å². The first kappa shape index (κ1) is 14.8. The van der Waals surface area contributed by atoms with Crippen LogP contribution in [0.5, 0.6) is 0 Å². The minimum atomic E-state index is -0.489. The highest BCUT2D eigenvalue weighted by atomic mass is 16.6. The number of ether oxygens (including phenoxy) is 2. The Kier molecular flexibility index (Phi) is 4.72. The highest BCUT2D eigenvalue weighted by molar-refractivity contribution is 5.95. The Morgan fingerprint density at radius 2 is 1.67 bits per heavy atom. The molecule has 0 spiro atoms. The summed E-state index contributed by atoms with van der Waals surface area (Å²) >= 11 is 0. The molecule has 0 aliphatic rings. The molecule has 108 valence electrons. The van der Waals surface area contributed by atoms with E-state index < -0.39 is 11.9 Å². The number of carbonyl (C=O) groups excluding carboxylic acids is 2. The number of carbonyl (C=O) groups is 2. The van der Waals surface area contributed by atoms with Gasteiger partial charge < -0.3 is 9.47 Å². The molecule has 21 heavy (non-hydrogen) atoms. The van der Waals surface area contributed by atoms with Gasteiger partial charge in [0.25, 0.3) is 0 Å². The van der Waals surface area contributed by atoms with Crippen LogP contribution in [0.15, 0.2) is 54.6 Å². The predicted molar refractivity (Wildman–Crippen MR) is 80.0 cm³/mol. The van der Waals surface area contributed by atoms with E-state index in [1.165, 1.54) is 0 Å². The van der Waals surface area contributed by atoms with Crippen LogP contribution in [0.25, 0.3) is 10.8 Å². The lowest BCUT2D eigenvalue weighted by Gasteiger charge is -2.07. The fourth-order valence-corrected chi connectivity index (χ4v) is 1.79. The van der Waals surface area contributed by atoms with Crippen LogP contribution in [0.4, 0.5) is 0 Å². The van der Waals surface area contributed by atoms with Crippen LogP contribution < -0.4 is 0 Å². The molecule has 2 aromatic carbocycles. The van der Waals surface area contributed by atoms with Crippen molar-refractivity contribution in [2.24, 2.45) is 0 Å². The van der Waals surface area contributed by atoms with E-state index >= 15 is 0 Å². The monoisotopic (exact) mass is 284 g/mol. The zero-order valence-electron chi connectivity index (χ0n) is 11.8. The van der Waals surface area contributed by atoms with E-state index in [0.717, 1.165) is 10.8 Å². The molecule has 0 aliphatic carbocycles. The second kappa shape index (κ2) is 6.70. The standard InChI is InChI=1S/C17H16O4/c1-12(2)16(18)20-9-10-21-17(19)15-8-7-13-5-3-4-6-14(13)11-15/h3-8,11H,1,9-10H2,2H3. The molecule has 0 bridgehead atoms. The smallest absolute Gasteiger partial charge is 0.338 e. The van der Waals surface area contributed by atoms with E-state index in [0.29, 0.717) is 11.1 Å². The number of hydrogen-bond donors (Lipinski definition) is 0. The average molecular weight is 284 g/mol. The van der Waals surface area contributed by atoms with Crippen LogP contribution in [-0.2, 0) is 14.3 Å². The Bertz CT molecular complexity index is 688. The number of hydrogen-bond acceptors (Lipinski definition) is 4. The zero-order valence-corrected chi connectivity index (χ0v) is 11.8. The second-order valence-corrected chi connectivity index (χ2v) is 4.61. The van der Waals surface area contributed by atoms with Crippen molar-refractivity contribution in [2.75, 3.05) is 13.2 Å². The molecule has 0 saturated heterocycles. The van der Waals surface area contributed by atoms with E-state index in [-0.39, 0.29) is 13.2 Å². The Balaban J connectivity index is 1.90. The first-order valence-corrected chi connectivity index (χ1v) is 6.56. The summed E-state index contributed by atoms with van der Waals surface area (Å²) in [7, 11) is 0. The molecule has 0 aromatic heterocycles. The normalized spacial score (nSPS) is 10.1. The van der Waals surface area contributed by atoms with Gasteiger partial charge in [-0.3, -0.25) is 0 Å². The molecular formula is C17H16O4. The summed E-state index contributed by atoms with van der Waals surface area (Å²) in [5.74, 6) is -0.927. The molecule has 2 rings (SSSR count). The van der Waals surface area contributed by atoms with Crippen molar-refractivity contribution >= 4 is 22.7 Å². The molecule has 2 aromatic rings. The molecule has 0 aliphatic heterocycles. The van der Waals surface area contributed by atoms with Crippen molar-refractivity contribution in [1.29, 1.82) is 0 Å². The maximum Gasteiger partial charge on any atom is 0.338 e. The predicted octanol–water partition coefficient (Wildman–Crippen LogP) is 3.12. The fraction of sp³-hybridized carbons (Fsp3) is 0.176. The highest BCUT2D eigenvalue weighted by Crippen LogP contribution is 2.16. The fourth-order valence-electron chi connectivity index (χ4n) is 1.79. The summed E-state index contributed by atoms with van der Waals surface area (Å²) in [5, 5.41) is 2.03.